The summed E-state index contributed by atoms with van der Waals surface area (Å²) in [6.07, 6.45) is 8.68. The Balaban J connectivity index is 0.000000292. The van der Waals surface area contributed by atoms with Crippen LogP contribution >= 0.6 is 34.1 Å². The number of nitrogens with two attached hydrogens (primary N) is 1. The zero-order chi connectivity index (χ0) is 100.0. The maximum atomic E-state index is 13.4. The van der Waals surface area contributed by atoms with Gasteiger partial charge in [-0.05, 0) is 230 Å². The normalized spacial score (nSPS) is 14.6. The van der Waals surface area contributed by atoms with E-state index in [0.29, 0.717) is 112 Å². The summed E-state index contributed by atoms with van der Waals surface area (Å²) in [6, 6.07) is 74.1. The number of para-hydroxylation sites is 3. The van der Waals surface area contributed by atoms with E-state index >= 15 is 0 Å². The summed E-state index contributed by atoms with van der Waals surface area (Å²) < 4.78 is 24.8. The largest absolute Gasteiger partial charge is 0.480 e. The third-order valence-electron chi connectivity index (χ3n) is 21.7. The van der Waals surface area contributed by atoms with E-state index in [1.54, 1.807) is 44.7 Å². The molecular weight excluding hydrogens is 1830 g/mol. The van der Waals surface area contributed by atoms with Crippen molar-refractivity contribution in [2.24, 2.45) is 11.7 Å². The van der Waals surface area contributed by atoms with Gasteiger partial charge in [-0.2, -0.15) is 0 Å². The number of amides is 3. The van der Waals surface area contributed by atoms with Crippen LogP contribution in [0, 0.1) is 16.0 Å². The van der Waals surface area contributed by atoms with Crippen molar-refractivity contribution >= 4 is 133 Å². The van der Waals surface area contributed by atoms with Gasteiger partial charge in [-0.25, -0.2) is 9.59 Å². The summed E-state index contributed by atoms with van der Waals surface area (Å²) in [6.45, 7) is 14.9. The molecule has 0 aliphatic carbocycles. The van der Waals surface area contributed by atoms with E-state index in [9.17, 15) is 82.7 Å². The van der Waals surface area contributed by atoms with Crippen molar-refractivity contribution < 1.29 is 101 Å². The Bertz CT molecular complexity index is 5110. The summed E-state index contributed by atoms with van der Waals surface area (Å²) >= 11 is 0. The van der Waals surface area contributed by atoms with Crippen molar-refractivity contribution in [3.8, 4) is 0 Å². The molecule has 29 nitrogen and oxygen atoms in total. The molecule has 0 aromatic heterocycles. The van der Waals surface area contributed by atoms with Gasteiger partial charge in [0.25, 0.3) is 5.69 Å². The summed E-state index contributed by atoms with van der Waals surface area (Å²) in [5, 5.41) is 35.1. The molecule has 0 bridgehead atoms. The number of halogens is 2. The molecule has 738 valence electrons. The minimum Gasteiger partial charge on any atom is -0.480 e. The number of benzene rings is 9. The van der Waals surface area contributed by atoms with Gasteiger partial charge in [0.1, 0.15) is 30.2 Å². The van der Waals surface area contributed by atoms with Gasteiger partial charge in [-0.15, -0.1) is 12.4 Å². The number of aliphatic carboxylic acids is 1. The molecule has 9 aromatic rings. The molecule has 3 aliphatic rings. The highest BCUT2D eigenvalue weighted by atomic mass is 35.7. The highest BCUT2D eigenvalue weighted by molar-refractivity contribution is 8.33. The monoisotopic (exact) mass is 1950 g/mol. The van der Waals surface area contributed by atoms with E-state index in [-0.39, 0.29) is 110 Å². The highest BCUT2D eigenvalue weighted by Crippen LogP contribution is 2.31. The van der Waals surface area contributed by atoms with Crippen molar-refractivity contribution in [2.45, 2.75) is 194 Å². The lowest BCUT2D eigenvalue weighted by Crippen LogP contribution is -2.53. The lowest BCUT2D eigenvalue weighted by molar-refractivity contribution is -0.384. The van der Waals surface area contributed by atoms with Crippen molar-refractivity contribution in [3.63, 3.8) is 0 Å². The molecule has 9 aromatic carbocycles. The number of hydrogen-bond acceptors (Lipinski definition) is 25. The molecule has 138 heavy (non-hydrogen) atoms. The van der Waals surface area contributed by atoms with Gasteiger partial charge in [0.05, 0.1) is 75.1 Å². The molecule has 0 saturated heterocycles. The number of rotatable bonds is 37. The minimum atomic E-state index is -1.09. The fourth-order valence-corrected chi connectivity index (χ4v) is 15.2. The smallest absolute Gasteiger partial charge is 0.374 e. The number of Topliss-reactive ketones (excluding diaryl/α,β-unsaturated/α-hetero) is 3. The summed E-state index contributed by atoms with van der Waals surface area (Å²) in [4.78, 5) is 168. The first-order valence-electron chi connectivity index (χ1n) is 45.9. The van der Waals surface area contributed by atoms with Crippen LogP contribution in [0.5, 0.6) is 0 Å². The van der Waals surface area contributed by atoms with Gasteiger partial charge >= 0.3 is 35.8 Å². The SMILES string of the molecule is CC(=O)CN1C(=O)[C@@H](N)CCc2ccccc21.CCOC(=O)C(=O)CCc1ccccc1.CCOC(=O)[C@@H](C)CCc1ccccc1.CCOC(=O)[C@@H](O)CCc1ccccc1.CCOC(=O)[C@H](CCc1ccccc1)N[C@H]1CCc2ccccc2N(CC(=O)O)C1=O.CCOC(=O)[C@H](CCc1ccccc1)N[C@H]1CCc2ccccc2N(CC(C)=O)C1=O.Cl.O=C(SCl)c1ccc([N+](=O)[O-])cc1. The van der Waals surface area contributed by atoms with Crippen molar-refractivity contribution in [1.29, 1.82) is 0 Å². The number of nitrogens with zero attached hydrogens (tertiary/aromatic N) is 4. The third kappa shape index (κ3) is 41.2. The number of hydrogen-bond donors (Lipinski definition) is 5. The Morgan fingerprint density at radius 1 is 0.442 bits per heavy atom. The summed E-state index contributed by atoms with van der Waals surface area (Å²) in [5.74, 6) is -4.49. The van der Waals surface area contributed by atoms with Gasteiger partial charge in [0, 0.05) is 52.2 Å². The maximum Gasteiger partial charge on any atom is 0.374 e. The first-order chi connectivity index (χ1) is 65.9. The van der Waals surface area contributed by atoms with Crippen molar-refractivity contribution in [3.05, 3.63) is 309 Å². The molecule has 0 radical (unpaired) electrons. The molecule has 3 aliphatic heterocycles. The number of aliphatic hydroxyl groups is 1. The van der Waals surface area contributed by atoms with Crippen LogP contribution in [-0.2, 0) is 133 Å². The minimum absolute atomic E-state index is 0. The van der Waals surface area contributed by atoms with E-state index in [1.165, 1.54) is 53.5 Å². The van der Waals surface area contributed by atoms with E-state index in [0.717, 1.165) is 69.6 Å². The fraction of sp³-hybridized carbons (Fsp3) is 0.368. The topological polar surface area (TPSA) is 411 Å². The zero-order valence-corrected chi connectivity index (χ0v) is 81.7. The molecular formula is C106H127Cl2N7O22S. The van der Waals surface area contributed by atoms with Crippen LogP contribution in [0.2, 0.25) is 0 Å². The second kappa shape index (κ2) is 64.2. The van der Waals surface area contributed by atoms with Crippen molar-refractivity contribution in [1.82, 2.24) is 10.6 Å². The average molecular weight is 1950 g/mol. The van der Waals surface area contributed by atoms with Crippen LogP contribution in [0.15, 0.2) is 249 Å². The first kappa shape index (κ1) is 116. The van der Waals surface area contributed by atoms with Crippen molar-refractivity contribution in [2.75, 3.05) is 67.4 Å². The first-order valence-corrected chi connectivity index (χ1v) is 47.6. The zero-order valence-electron chi connectivity index (χ0n) is 79.3. The van der Waals surface area contributed by atoms with E-state index in [2.05, 4.69) is 27.5 Å². The average Bonchev–Trinajstić information content (AvgIpc) is 1.67. The second-order valence-electron chi connectivity index (χ2n) is 32.0. The molecule has 0 spiro atoms. The van der Waals surface area contributed by atoms with E-state index < -0.39 is 77.4 Å². The predicted molar refractivity (Wildman–Crippen MR) is 535 cm³/mol. The Kier molecular flexibility index (Phi) is 53.8. The van der Waals surface area contributed by atoms with Crippen LogP contribution in [0.1, 0.15) is 162 Å². The molecule has 3 amide bonds. The highest BCUT2D eigenvalue weighted by Gasteiger charge is 2.37. The number of esters is 5. The quantitative estimate of drug-likeness (QED) is 0.00793. The number of non-ortho nitro benzene ring substituents is 1. The van der Waals surface area contributed by atoms with Gasteiger partial charge in [-0.1, -0.05) is 213 Å². The maximum absolute atomic E-state index is 13.4. The second-order valence-corrected chi connectivity index (χ2v) is 33.0. The van der Waals surface area contributed by atoms with Crippen LogP contribution in [0.25, 0.3) is 0 Å². The van der Waals surface area contributed by atoms with Gasteiger partial charge < -0.3 is 49.4 Å². The number of aliphatic hydroxyl groups excluding tert-OH is 1. The number of nitrogens with one attached hydrogen (secondary N) is 2. The number of nitro groups is 1. The number of carbonyl (C=O) groups excluding carboxylic acids is 12. The number of ketones is 3. The number of fused-ring (bicyclic) bond motifs is 3. The molecule has 6 N–H and O–H groups in total. The Morgan fingerprint density at radius 2 is 0.768 bits per heavy atom. The number of carboxylic acids is 1. The molecule has 7 atom stereocenters. The summed E-state index contributed by atoms with van der Waals surface area (Å²) in [5.41, 5.74) is 17.0. The third-order valence-corrected chi connectivity index (χ3v) is 22.5. The van der Waals surface area contributed by atoms with Gasteiger partial charge in [0.2, 0.25) is 28.6 Å². The summed E-state index contributed by atoms with van der Waals surface area (Å²) in [7, 11) is 5.78. The van der Waals surface area contributed by atoms with Gasteiger partial charge in [0.15, 0.2) is 6.10 Å². The van der Waals surface area contributed by atoms with Crippen LogP contribution < -0.4 is 31.1 Å². The molecule has 32 heteroatoms. The number of ether oxygens (including phenoxy) is 5. The molecule has 12 rings (SSSR count). The number of carboxylic acid groups (broad SMARTS) is 1. The number of nitro benzene ring substituents is 1. The Morgan fingerprint density at radius 3 is 1.13 bits per heavy atom. The molecule has 3 heterocycles. The van der Waals surface area contributed by atoms with Crippen LogP contribution in [0.3, 0.4) is 0 Å². The Hall–Kier alpha value is -12.9. The van der Waals surface area contributed by atoms with Crippen LogP contribution in [0.4, 0.5) is 22.7 Å². The molecule has 0 unspecified atom stereocenters. The number of anilines is 3. The standard InChI is InChI=1S/C25H30N2O4.C24H28N2O5.C13H16N2O2.C13H18O2.C12H16O3.C12H14O3.C7H4ClNO3S.ClH/c1-3-31-25(30)22(15-13-19-9-5-4-6-10-19)26-21-16-14-20-11-7-8-12-23(20)27(24(21)29)17-18(2)28;1-2-31-24(30)20(14-12-17-8-4-3-5-9-17)25-19-15-13-18-10-6-7-11-21(18)26(23(19)29)16-22(27)28;1-9(16)8-15-12-5-3-2-4-10(12)6-7-11(14)13(15)17;1-3-15-13(14)11(2)9-10-12-7-5-4-6-8-12;2*1-2-15-12(14)11(13)9-8-10-6-4-3-5-7-10;8-13-7(10)5-1-3-6(4-2-5)9(11)12;/h4-12,21-22,26H,3,13-17H2,1-2H3;3-11,19-20,25H,2,12-16H2,1H3,(H,27,28);2-5,11H,6-8,14H2,1H3;4-8,11H,3,9-10H2,1-2H3;3-7,11,13H,2,8-9H2,1H3;3-7H,2,8-9H2,1H3;1-4H;1H/t21-,22-;19-,20-;3*11-;;;/m00000.../s1. The molecule has 0 fully saturated rings. The lowest BCUT2D eigenvalue weighted by atomic mass is 10.0. The predicted octanol–water partition coefficient (Wildman–Crippen LogP) is 15.7. The van der Waals surface area contributed by atoms with E-state index in [1.807, 2.05) is 214 Å². The lowest BCUT2D eigenvalue weighted by Gasteiger charge is -2.27. The number of aryl methyl sites for hydroxylation is 8. The van der Waals surface area contributed by atoms with E-state index in [4.69, 9.17) is 35.4 Å². The van der Waals surface area contributed by atoms with Crippen LogP contribution in [-0.4, -0.2) is 180 Å². The molecule has 0 saturated carbocycles. The van der Waals surface area contributed by atoms with Gasteiger partial charge in [-0.3, -0.25) is 78.4 Å². The Labute approximate surface area is 822 Å². The number of carbonyl (C=O) groups is 13. The fourth-order valence-electron chi connectivity index (χ4n) is 14.7.